The van der Waals surface area contributed by atoms with Gasteiger partial charge in [0.1, 0.15) is 5.75 Å². The average Bonchev–Trinajstić information content (AvgIpc) is 2.42. The third-order valence-corrected chi connectivity index (χ3v) is 5.51. The van der Waals surface area contributed by atoms with Crippen molar-refractivity contribution in [1.82, 2.24) is 5.32 Å². The molecule has 1 saturated carbocycles. The Morgan fingerprint density at radius 1 is 1.20 bits per heavy atom. The molecule has 0 aromatic heterocycles. The first-order chi connectivity index (χ1) is 9.49. The molecule has 110 valence electrons. The van der Waals surface area contributed by atoms with E-state index in [0.717, 1.165) is 19.3 Å². The number of carbonyl (C=O) groups excluding carboxylic acids is 1. The summed E-state index contributed by atoms with van der Waals surface area (Å²) < 4.78 is 24.2. The first-order valence-electron chi connectivity index (χ1n) is 7.06. The fraction of sp³-hybridized carbons (Fsp3) is 0.533. The third kappa shape index (κ3) is 3.82. The number of hydrogen-bond donors (Lipinski definition) is 1. The van der Waals surface area contributed by atoms with E-state index in [0.29, 0.717) is 5.92 Å². The molecule has 1 aromatic carbocycles. The molecule has 1 aliphatic carbocycles. The van der Waals surface area contributed by atoms with Gasteiger partial charge in [-0.25, -0.2) is 8.42 Å². The van der Waals surface area contributed by atoms with Gasteiger partial charge in [-0.3, -0.25) is 4.79 Å². The summed E-state index contributed by atoms with van der Waals surface area (Å²) in [5.41, 5.74) is 0. The average molecular weight is 295 g/mol. The lowest BCUT2D eigenvalue weighted by Gasteiger charge is -2.29. The molecule has 1 aliphatic rings. The van der Waals surface area contributed by atoms with E-state index in [4.69, 9.17) is 0 Å². The molecule has 0 saturated heterocycles. The van der Waals surface area contributed by atoms with Crippen molar-refractivity contribution >= 4 is 15.7 Å². The van der Waals surface area contributed by atoms with Crippen molar-refractivity contribution in [2.45, 2.75) is 43.5 Å². The predicted molar refractivity (Wildman–Crippen MR) is 78.1 cm³/mol. The minimum absolute atomic E-state index is 0.113. The minimum Gasteiger partial charge on any atom is -0.352 e. The molecule has 4 nitrogen and oxygen atoms in total. The summed E-state index contributed by atoms with van der Waals surface area (Å²) in [5, 5.41) is 2.88. The molecule has 5 heteroatoms. The van der Waals surface area contributed by atoms with Gasteiger partial charge in [0.25, 0.3) is 0 Å². The Labute approximate surface area is 120 Å². The summed E-state index contributed by atoms with van der Waals surface area (Å²) >= 11 is 0. The summed E-state index contributed by atoms with van der Waals surface area (Å²) in [6.45, 7) is 2.11. The predicted octanol–water partition coefficient (Wildman–Crippen LogP) is 2.16. The first-order valence-corrected chi connectivity index (χ1v) is 8.71. The van der Waals surface area contributed by atoms with E-state index in [2.05, 4.69) is 12.2 Å². The maximum Gasteiger partial charge on any atom is 0.235 e. The molecule has 20 heavy (non-hydrogen) atoms. The van der Waals surface area contributed by atoms with Crippen LogP contribution >= 0.6 is 0 Å². The molecule has 0 bridgehead atoms. The minimum atomic E-state index is -3.54. The smallest absolute Gasteiger partial charge is 0.235 e. The van der Waals surface area contributed by atoms with Crippen LogP contribution in [0.4, 0.5) is 0 Å². The number of carbonyl (C=O) groups is 1. The van der Waals surface area contributed by atoms with Gasteiger partial charge >= 0.3 is 0 Å². The van der Waals surface area contributed by atoms with Crippen LogP contribution in [-0.2, 0) is 14.6 Å². The molecule has 0 spiro atoms. The van der Waals surface area contributed by atoms with E-state index in [1.807, 2.05) is 0 Å². The van der Waals surface area contributed by atoms with Crippen LogP contribution in [0.15, 0.2) is 35.2 Å². The summed E-state index contributed by atoms with van der Waals surface area (Å²) in [7, 11) is -3.54. The van der Waals surface area contributed by atoms with E-state index >= 15 is 0 Å². The SMILES string of the molecule is C[C@H]1CCCC[C@H]1NC(=O)CS(=O)(=O)c1ccccc1. The monoisotopic (exact) mass is 295 g/mol. The second-order valence-corrected chi connectivity index (χ2v) is 7.50. The largest absolute Gasteiger partial charge is 0.352 e. The van der Waals surface area contributed by atoms with Crippen LogP contribution in [0.1, 0.15) is 32.6 Å². The van der Waals surface area contributed by atoms with E-state index in [1.165, 1.54) is 18.6 Å². The Hall–Kier alpha value is -1.36. The summed E-state index contributed by atoms with van der Waals surface area (Å²) in [5.74, 6) is -0.444. The van der Waals surface area contributed by atoms with Crippen molar-refractivity contribution in [3.8, 4) is 0 Å². The quantitative estimate of drug-likeness (QED) is 0.926. The van der Waals surface area contributed by atoms with Gasteiger partial charge in [-0.1, -0.05) is 38.0 Å². The lowest BCUT2D eigenvalue weighted by atomic mass is 9.86. The van der Waals surface area contributed by atoms with Crippen LogP contribution in [0.25, 0.3) is 0 Å². The van der Waals surface area contributed by atoms with Crippen LogP contribution in [0, 0.1) is 5.92 Å². The van der Waals surface area contributed by atoms with Gasteiger partial charge in [0.2, 0.25) is 5.91 Å². The van der Waals surface area contributed by atoms with E-state index < -0.39 is 21.5 Å². The van der Waals surface area contributed by atoms with E-state index in [1.54, 1.807) is 18.2 Å². The molecular weight excluding hydrogens is 274 g/mol. The van der Waals surface area contributed by atoms with Crippen molar-refractivity contribution in [2.24, 2.45) is 5.92 Å². The molecule has 1 amide bonds. The van der Waals surface area contributed by atoms with Gasteiger partial charge < -0.3 is 5.32 Å². The number of sulfone groups is 1. The molecule has 2 rings (SSSR count). The Morgan fingerprint density at radius 3 is 2.50 bits per heavy atom. The lowest BCUT2D eigenvalue weighted by Crippen LogP contribution is -2.43. The van der Waals surface area contributed by atoms with Gasteiger partial charge in [-0.2, -0.15) is 0 Å². The van der Waals surface area contributed by atoms with Crippen LogP contribution in [-0.4, -0.2) is 26.1 Å². The highest BCUT2D eigenvalue weighted by Crippen LogP contribution is 2.23. The van der Waals surface area contributed by atoms with Crippen LogP contribution in [0.5, 0.6) is 0 Å². The molecule has 2 atom stereocenters. The Bertz CT molecular complexity index is 554. The summed E-state index contributed by atoms with van der Waals surface area (Å²) in [6.07, 6.45) is 4.32. The van der Waals surface area contributed by atoms with Crippen molar-refractivity contribution in [1.29, 1.82) is 0 Å². The zero-order valence-corrected chi connectivity index (χ0v) is 12.5. The molecular formula is C15H21NO3S. The molecule has 1 fully saturated rings. The first kappa shape index (κ1) is 15.0. The number of amides is 1. The standard InChI is InChI=1S/C15H21NO3S/c1-12-7-5-6-10-14(12)16-15(17)11-20(18,19)13-8-3-2-4-9-13/h2-4,8-9,12,14H,5-7,10-11H2,1H3,(H,16,17)/t12-,14+/m0/s1. The van der Waals surface area contributed by atoms with Crippen LogP contribution < -0.4 is 5.32 Å². The number of rotatable bonds is 4. The van der Waals surface area contributed by atoms with Crippen molar-refractivity contribution in [3.63, 3.8) is 0 Å². The Balaban J connectivity index is 1.97. The molecule has 0 aliphatic heterocycles. The lowest BCUT2D eigenvalue weighted by molar-refractivity contribution is -0.119. The molecule has 1 N–H and O–H groups in total. The fourth-order valence-electron chi connectivity index (χ4n) is 2.66. The highest BCUT2D eigenvalue weighted by atomic mass is 32.2. The molecule has 0 radical (unpaired) electrons. The summed E-state index contributed by atoms with van der Waals surface area (Å²) in [4.78, 5) is 12.2. The summed E-state index contributed by atoms with van der Waals surface area (Å²) in [6, 6.07) is 8.23. The second kappa shape index (κ2) is 6.39. The Kier molecular flexibility index (Phi) is 4.81. The van der Waals surface area contributed by atoms with Gasteiger partial charge in [-0.05, 0) is 30.9 Å². The highest BCUT2D eigenvalue weighted by molar-refractivity contribution is 7.92. The van der Waals surface area contributed by atoms with Crippen molar-refractivity contribution < 1.29 is 13.2 Å². The molecule has 0 heterocycles. The Morgan fingerprint density at radius 2 is 1.85 bits per heavy atom. The number of hydrogen-bond acceptors (Lipinski definition) is 3. The van der Waals surface area contributed by atoms with Gasteiger partial charge in [0.05, 0.1) is 4.90 Å². The van der Waals surface area contributed by atoms with Gasteiger partial charge in [0, 0.05) is 6.04 Å². The van der Waals surface area contributed by atoms with Gasteiger partial charge in [-0.15, -0.1) is 0 Å². The zero-order chi connectivity index (χ0) is 14.6. The fourth-order valence-corrected chi connectivity index (χ4v) is 3.83. The maximum absolute atomic E-state index is 12.1. The van der Waals surface area contributed by atoms with Crippen LogP contribution in [0.2, 0.25) is 0 Å². The second-order valence-electron chi connectivity index (χ2n) is 5.51. The van der Waals surface area contributed by atoms with Crippen molar-refractivity contribution in [3.05, 3.63) is 30.3 Å². The van der Waals surface area contributed by atoms with Crippen LogP contribution in [0.3, 0.4) is 0 Å². The third-order valence-electron chi connectivity index (χ3n) is 3.88. The van der Waals surface area contributed by atoms with Gasteiger partial charge in [0.15, 0.2) is 9.84 Å². The van der Waals surface area contributed by atoms with Crippen molar-refractivity contribution in [2.75, 3.05) is 5.75 Å². The maximum atomic E-state index is 12.1. The zero-order valence-electron chi connectivity index (χ0n) is 11.7. The normalized spacial score (nSPS) is 23.2. The molecule has 0 unspecified atom stereocenters. The van der Waals surface area contributed by atoms with E-state index in [-0.39, 0.29) is 10.9 Å². The van der Waals surface area contributed by atoms with E-state index in [9.17, 15) is 13.2 Å². The topological polar surface area (TPSA) is 63.2 Å². The molecule has 1 aromatic rings. The number of nitrogens with one attached hydrogen (secondary N) is 1. The number of benzene rings is 1. The highest BCUT2D eigenvalue weighted by Gasteiger charge is 2.25.